The maximum absolute atomic E-state index is 13.6. The van der Waals surface area contributed by atoms with Gasteiger partial charge in [0.1, 0.15) is 29.9 Å². The molecule has 3 aromatic carbocycles. The van der Waals surface area contributed by atoms with Crippen LogP contribution in [-0.2, 0) is 39.6 Å². The fourth-order valence-electron chi connectivity index (χ4n) is 6.88. The number of benzene rings is 3. The number of rotatable bonds is 20. The highest BCUT2D eigenvalue weighted by atomic mass is 28.4. The van der Waals surface area contributed by atoms with Gasteiger partial charge in [0, 0.05) is 12.5 Å². The molecule has 0 aliphatic heterocycles. The molecule has 0 heterocycles. The number of hydrogen-bond acceptors (Lipinski definition) is 8. The average molecular weight is 817 g/mol. The van der Waals surface area contributed by atoms with Gasteiger partial charge in [0.05, 0.1) is 0 Å². The number of unbranched alkanes of at least 4 members (excludes halogenated alkanes) is 1. The van der Waals surface area contributed by atoms with E-state index in [9.17, 15) is 19.2 Å². The van der Waals surface area contributed by atoms with Gasteiger partial charge >= 0.3 is 18.0 Å². The SMILES string of the molecule is CCCC[C@@H](CCC[C@H](NC(=O)CC[C@H](NC(=O)OC(C)(C)C)C(=O)OCc1ccccc1)C(=O)OC(C)(C)C)O[Si](c1ccccc1)(c1ccccc1)C(C)(C)C. The molecule has 0 aliphatic carbocycles. The summed E-state index contributed by atoms with van der Waals surface area (Å²) in [6.07, 6.45) is 3.30. The number of ether oxygens (including phenoxy) is 3. The zero-order chi connectivity index (χ0) is 43.0. The van der Waals surface area contributed by atoms with Crippen LogP contribution in [-0.4, -0.2) is 61.6 Å². The van der Waals surface area contributed by atoms with Crippen molar-refractivity contribution in [3.63, 3.8) is 0 Å². The van der Waals surface area contributed by atoms with E-state index in [1.54, 1.807) is 41.5 Å². The molecule has 0 saturated carbocycles. The van der Waals surface area contributed by atoms with Crippen molar-refractivity contribution in [1.29, 1.82) is 0 Å². The molecule has 0 aliphatic rings. The molecule has 10 nitrogen and oxygen atoms in total. The second kappa shape index (κ2) is 22.0. The Hall–Kier alpha value is -4.48. The molecular weight excluding hydrogens is 749 g/mol. The Labute approximate surface area is 348 Å². The zero-order valence-electron chi connectivity index (χ0n) is 36.5. The Balaban J connectivity index is 1.80. The van der Waals surface area contributed by atoms with Crippen LogP contribution < -0.4 is 21.0 Å². The summed E-state index contributed by atoms with van der Waals surface area (Å²) in [5.74, 6) is -1.71. The van der Waals surface area contributed by atoms with Crippen LogP contribution in [0.3, 0.4) is 0 Å². The van der Waals surface area contributed by atoms with Gasteiger partial charge in [-0.15, -0.1) is 0 Å². The van der Waals surface area contributed by atoms with E-state index < -0.39 is 55.5 Å². The highest BCUT2D eigenvalue weighted by Gasteiger charge is 2.51. The van der Waals surface area contributed by atoms with Gasteiger partial charge in [-0.3, -0.25) is 4.79 Å². The Morgan fingerprint density at radius 2 is 1.10 bits per heavy atom. The summed E-state index contributed by atoms with van der Waals surface area (Å²) in [5.41, 5.74) is -0.805. The highest BCUT2D eigenvalue weighted by molar-refractivity contribution is 6.99. The minimum atomic E-state index is -2.84. The van der Waals surface area contributed by atoms with E-state index in [0.29, 0.717) is 19.3 Å². The molecule has 0 aromatic heterocycles. The lowest BCUT2D eigenvalue weighted by Gasteiger charge is -2.45. The fourth-order valence-corrected chi connectivity index (χ4v) is 11.6. The van der Waals surface area contributed by atoms with E-state index in [1.807, 2.05) is 42.5 Å². The van der Waals surface area contributed by atoms with Gasteiger partial charge in [-0.05, 0) is 94.6 Å². The van der Waals surface area contributed by atoms with E-state index in [-0.39, 0.29) is 30.6 Å². The van der Waals surface area contributed by atoms with E-state index in [0.717, 1.165) is 24.8 Å². The van der Waals surface area contributed by atoms with Crippen LogP contribution >= 0.6 is 0 Å². The molecule has 0 saturated heterocycles. The first kappa shape index (κ1) is 47.9. The third-order valence-electron chi connectivity index (χ3n) is 9.54. The number of amides is 2. The molecule has 11 heteroatoms. The van der Waals surface area contributed by atoms with Crippen molar-refractivity contribution in [2.24, 2.45) is 0 Å². The van der Waals surface area contributed by atoms with Crippen molar-refractivity contribution < 1.29 is 37.8 Å². The van der Waals surface area contributed by atoms with Crippen molar-refractivity contribution in [2.75, 3.05) is 0 Å². The van der Waals surface area contributed by atoms with E-state index in [1.165, 1.54) is 10.4 Å². The summed E-state index contributed by atoms with van der Waals surface area (Å²) in [7, 11) is -2.84. The van der Waals surface area contributed by atoms with Crippen LogP contribution in [0, 0.1) is 0 Å². The summed E-state index contributed by atoms with van der Waals surface area (Å²) < 4.78 is 24.2. The minimum absolute atomic E-state index is 0.00188. The molecule has 3 rings (SSSR count). The molecule has 318 valence electrons. The summed E-state index contributed by atoms with van der Waals surface area (Å²) in [6.45, 7) is 19.5. The number of hydrogen-bond donors (Lipinski definition) is 2. The molecule has 3 atom stereocenters. The smallest absolute Gasteiger partial charge is 0.408 e. The zero-order valence-corrected chi connectivity index (χ0v) is 37.5. The number of nitrogens with one attached hydrogen (secondary N) is 2. The maximum Gasteiger partial charge on any atom is 0.408 e. The molecule has 0 fully saturated rings. The Morgan fingerprint density at radius 1 is 0.603 bits per heavy atom. The first-order valence-corrected chi connectivity index (χ1v) is 22.7. The Bertz CT molecular complexity index is 1680. The quantitative estimate of drug-likeness (QED) is 0.0660. The topological polar surface area (TPSA) is 129 Å². The molecule has 0 unspecified atom stereocenters. The van der Waals surface area contributed by atoms with E-state index in [4.69, 9.17) is 18.6 Å². The minimum Gasteiger partial charge on any atom is -0.459 e. The van der Waals surface area contributed by atoms with E-state index >= 15 is 0 Å². The monoisotopic (exact) mass is 816 g/mol. The molecule has 0 spiro atoms. The molecular formula is C47H68N2O8Si. The van der Waals surface area contributed by atoms with Crippen molar-refractivity contribution in [1.82, 2.24) is 10.6 Å². The van der Waals surface area contributed by atoms with Gasteiger partial charge < -0.3 is 29.3 Å². The van der Waals surface area contributed by atoms with Crippen LogP contribution in [0.2, 0.25) is 5.04 Å². The predicted molar refractivity (Wildman–Crippen MR) is 232 cm³/mol. The van der Waals surface area contributed by atoms with Crippen molar-refractivity contribution in [3.05, 3.63) is 96.6 Å². The van der Waals surface area contributed by atoms with Crippen LogP contribution in [0.15, 0.2) is 91.0 Å². The van der Waals surface area contributed by atoms with Crippen LogP contribution in [0.1, 0.15) is 126 Å². The molecule has 58 heavy (non-hydrogen) atoms. The molecule has 2 amide bonds. The molecule has 0 radical (unpaired) electrons. The van der Waals surface area contributed by atoms with Crippen molar-refractivity contribution in [3.8, 4) is 0 Å². The number of carbonyl (C=O) groups excluding carboxylic acids is 4. The summed E-state index contributed by atoms with van der Waals surface area (Å²) in [5, 5.41) is 7.67. The van der Waals surface area contributed by atoms with Gasteiger partial charge in [-0.2, -0.15) is 0 Å². The molecule has 2 N–H and O–H groups in total. The summed E-state index contributed by atoms with van der Waals surface area (Å²) in [4.78, 5) is 53.1. The second-order valence-corrected chi connectivity index (χ2v) is 22.2. The van der Waals surface area contributed by atoms with Crippen molar-refractivity contribution >= 4 is 42.6 Å². The fraction of sp³-hybridized carbons (Fsp3) is 0.532. The van der Waals surface area contributed by atoms with Gasteiger partial charge in [0.25, 0.3) is 8.32 Å². The van der Waals surface area contributed by atoms with E-state index in [2.05, 4.69) is 86.9 Å². The first-order chi connectivity index (χ1) is 27.2. The van der Waals surface area contributed by atoms with Gasteiger partial charge in [-0.25, -0.2) is 14.4 Å². The van der Waals surface area contributed by atoms with Gasteiger partial charge in [0.15, 0.2) is 0 Å². The Morgan fingerprint density at radius 3 is 1.60 bits per heavy atom. The maximum atomic E-state index is 13.6. The predicted octanol–water partition coefficient (Wildman–Crippen LogP) is 8.54. The number of esters is 2. The van der Waals surface area contributed by atoms with Crippen LogP contribution in [0.4, 0.5) is 4.79 Å². The highest BCUT2D eigenvalue weighted by Crippen LogP contribution is 2.38. The van der Waals surface area contributed by atoms with Gasteiger partial charge in [-0.1, -0.05) is 132 Å². The largest absolute Gasteiger partial charge is 0.459 e. The first-order valence-electron chi connectivity index (χ1n) is 20.7. The normalized spacial score (nSPS) is 13.8. The second-order valence-electron chi connectivity index (χ2n) is 18.0. The van der Waals surface area contributed by atoms with Crippen LogP contribution in [0.5, 0.6) is 0 Å². The summed E-state index contributed by atoms with van der Waals surface area (Å²) >= 11 is 0. The summed E-state index contributed by atoms with van der Waals surface area (Å²) in [6, 6.07) is 28.2. The molecule has 3 aromatic rings. The lowest BCUT2D eigenvalue weighted by atomic mass is 10.0. The van der Waals surface area contributed by atoms with Crippen LogP contribution in [0.25, 0.3) is 0 Å². The third-order valence-corrected chi connectivity index (χ3v) is 14.6. The standard InChI is InChI=1S/C47H68N2O8Si/c1-11-12-25-36(57-58(47(8,9)10,37-27-18-14-19-28-37)38-29-20-15-21-30-38)26-22-31-39(43(52)55-45(2,3)4)48-41(50)33-32-40(49-44(53)56-46(5,6)7)42(51)54-34-35-23-16-13-17-24-35/h13-21,23-24,27-30,36,39-40H,11-12,22,25-26,31-34H2,1-10H3,(H,48,50)(H,49,53)/t36-,39-,40-/m0/s1. The Kier molecular flexibility index (Phi) is 18.2. The lowest BCUT2D eigenvalue weighted by Crippen LogP contribution is -2.67. The third kappa shape index (κ3) is 15.7. The lowest BCUT2D eigenvalue weighted by molar-refractivity contribution is -0.159. The number of alkyl carbamates (subject to hydrolysis) is 1. The van der Waals surface area contributed by atoms with Crippen molar-refractivity contribution in [2.45, 2.75) is 162 Å². The number of carbonyl (C=O) groups is 4. The molecule has 0 bridgehead atoms. The average Bonchev–Trinajstić information content (AvgIpc) is 3.15. The van der Waals surface area contributed by atoms with Gasteiger partial charge in [0.2, 0.25) is 5.91 Å².